The molecule has 14 heavy (non-hydrogen) atoms. The van der Waals surface area contributed by atoms with Gasteiger partial charge in [-0.25, -0.2) is 0 Å². The maximum absolute atomic E-state index is 11.2. The molecule has 2 nitrogen and oxygen atoms in total. The minimum Gasteiger partial charge on any atom is -0.291 e. The summed E-state index contributed by atoms with van der Waals surface area (Å²) in [5, 5.41) is -0.874. The van der Waals surface area contributed by atoms with Crippen molar-refractivity contribution in [2.75, 3.05) is 0 Å². The molecule has 4 heteroatoms. The lowest BCUT2D eigenvalue weighted by molar-refractivity contribution is -0.135. The third kappa shape index (κ3) is 2.66. The number of carbonyl (C=O) groups excluding carboxylic acids is 2. The topological polar surface area (TPSA) is 34.1 Å². The van der Waals surface area contributed by atoms with Crippen molar-refractivity contribution in [3.8, 4) is 0 Å². The van der Waals surface area contributed by atoms with Gasteiger partial charge >= 0.3 is 0 Å². The van der Waals surface area contributed by atoms with Crippen molar-refractivity contribution >= 4 is 39.1 Å². The van der Waals surface area contributed by atoms with Gasteiger partial charge in [0.05, 0.1) is 0 Å². The van der Waals surface area contributed by atoms with Crippen molar-refractivity contribution in [3.63, 3.8) is 0 Å². The van der Waals surface area contributed by atoms with Gasteiger partial charge in [-0.1, -0.05) is 28.1 Å². The van der Waals surface area contributed by atoms with Crippen molar-refractivity contribution in [1.82, 2.24) is 0 Å². The minimum absolute atomic E-state index is 0.520. The zero-order valence-corrected chi connectivity index (χ0v) is 9.80. The van der Waals surface area contributed by atoms with E-state index in [0.717, 1.165) is 4.47 Å². The lowest BCUT2D eigenvalue weighted by Crippen LogP contribution is -2.15. The monoisotopic (exact) mass is 274 g/mol. The number of rotatable bonds is 3. The first kappa shape index (κ1) is 11.4. The molecule has 0 fully saturated rings. The Labute approximate surface area is 95.4 Å². The molecular formula is C10H8BrClO2. The SMILES string of the molecule is CC(=O)C(=O)C(Cl)c1ccc(Br)cc1. The standard InChI is InChI=1S/C10H8BrClO2/c1-6(13)10(14)9(12)7-2-4-8(11)5-3-7/h2-5,9H,1H3. The number of hydrogen-bond donors (Lipinski definition) is 0. The molecule has 1 aromatic rings. The van der Waals surface area contributed by atoms with E-state index < -0.39 is 16.9 Å². The van der Waals surface area contributed by atoms with Gasteiger partial charge < -0.3 is 0 Å². The van der Waals surface area contributed by atoms with Gasteiger partial charge in [0.25, 0.3) is 0 Å². The van der Waals surface area contributed by atoms with Crippen LogP contribution in [0.1, 0.15) is 17.9 Å². The highest BCUT2D eigenvalue weighted by Gasteiger charge is 2.20. The summed E-state index contributed by atoms with van der Waals surface area (Å²) < 4.78 is 0.903. The van der Waals surface area contributed by atoms with Gasteiger partial charge in [-0.05, 0) is 17.7 Å². The smallest absolute Gasteiger partial charge is 0.220 e. The molecule has 0 radical (unpaired) electrons. The Balaban J connectivity index is 2.89. The molecule has 1 atom stereocenters. The Morgan fingerprint density at radius 1 is 1.29 bits per heavy atom. The number of benzene rings is 1. The highest BCUT2D eigenvalue weighted by atomic mass is 79.9. The van der Waals surface area contributed by atoms with Gasteiger partial charge in [-0.3, -0.25) is 9.59 Å². The van der Waals surface area contributed by atoms with E-state index >= 15 is 0 Å². The van der Waals surface area contributed by atoms with Crippen LogP contribution < -0.4 is 0 Å². The zero-order chi connectivity index (χ0) is 10.7. The average Bonchev–Trinajstić information content (AvgIpc) is 2.16. The summed E-state index contributed by atoms with van der Waals surface area (Å²) in [5.41, 5.74) is 0.634. The van der Waals surface area contributed by atoms with E-state index in [1.54, 1.807) is 24.3 Å². The number of carbonyl (C=O) groups is 2. The fourth-order valence-corrected chi connectivity index (χ4v) is 1.53. The van der Waals surface area contributed by atoms with Crippen LogP contribution >= 0.6 is 27.5 Å². The highest BCUT2D eigenvalue weighted by Crippen LogP contribution is 2.23. The Hall–Kier alpha value is -0.670. The van der Waals surface area contributed by atoms with Gasteiger partial charge in [0.2, 0.25) is 5.78 Å². The fraction of sp³-hybridized carbons (Fsp3) is 0.200. The average molecular weight is 276 g/mol. The van der Waals surface area contributed by atoms with Crippen LogP contribution in [0.2, 0.25) is 0 Å². The first-order valence-electron chi connectivity index (χ1n) is 3.96. The maximum Gasteiger partial charge on any atom is 0.220 e. The van der Waals surface area contributed by atoms with E-state index in [4.69, 9.17) is 11.6 Å². The highest BCUT2D eigenvalue weighted by molar-refractivity contribution is 9.10. The summed E-state index contributed by atoms with van der Waals surface area (Å²) in [6, 6.07) is 6.97. The fourth-order valence-electron chi connectivity index (χ4n) is 0.962. The third-order valence-electron chi connectivity index (χ3n) is 1.74. The molecular weight excluding hydrogens is 267 g/mol. The first-order chi connectivity index (χ1) is 6.52. The third-order valence-corrected chi connectivity index (χ3v) is 2.72. The summed E-state index contributed by atoms with van der Waals surface area (Å²) in [5.74, 6) is -1.10. The van der Waals surface area contributed by atoms with E-state index in [-0.39, 0.29) is 0 Å². The zero-order valence-electron chi connectivity index (χ0n) is 7.46. The molecule has 1 aromatic carbocycles. The van der Waals surface area contributed by atoms with Crippen LogP contribution in [0.4, 0.5) is 0 Å². The number of alkyl halides is 1. The second-order valence-corrected chi connectivity index (χ2v) is 4.19. The molecule has 0 saturated heterocycles. The van der Waals surface area contributed by atoms with Crippen molar-refractivity contribution in [1.29, 1.82) is 0 Å². The first-order valence-corrected chi connectivity index (χ1v) is 5.19. The Kier molecular flexibility index (Phi) is 3.84. The van der Waals surface area contributed by atoms with Crippen LogP contribution in [0.3, 0.4) is 0 Å². The molecule has 0 spiro atoms. The molecule has 0 aliphatic rings. The summed E-state index contributed by atoms with van der Waals surface area (Å²) in [4.78, 5) is 22.0. The van der Waals surface area contributed by atoms with E-state index in [2.05, 4.69) is 15.9 Å². The normalized spacial score (nSPS) is 12.2. The summed E-state index contributed by atoms with van der Waals surface area (Å²) in [6.45, 7) is 1.22. The van der Waals surface area contributed by atoms with Gasteiger partial charge in [-0.15, -0.1) is 11.6 Å². The Morgan fingerprint density at radius 2 is 1.79 bits per heavy atom. The lowest BCUT2D eigenvalue weighted by Gasteiger charge is -2.05. The summed E-state index contributed by atoms with van der Waals surface area (Å²) in [6.07, 6.45) is 0. The summed E-state index contributed by atoms with van der Waals surface area (Å²) in [7, 11) is 0. The van der Waals surface area contributed by atoms with Gasteiger partial charge in [0, 0.05) is 11.4 Å². The quantitative estimate of drug-likeness (QED) is 0.628. The molecule has 1 unspecified atom stereocenters. The number of Topliss-reactive ketones (excluding diaryl/α,β-unsaturated/α-hetero) is 2. The van der Waals surface area contributed by atoms with Crippen LogP contribution in [0.25, 0.3) is 0 Å². The molecule has 0 bridgehead atoms. The van der Waals surface area contributed by atoms with Crippen molar-refractivity contribution in [2.24, 2.45) is 0 Å². The predicted octanol–water partition coefficient (Wildman–Crippen LogP) is 2.89. The van der Waals surface area contributed by atoms with Crippen LogP contribution in [0, 0.1) is 0 Å². The molecule has 0 aliphatic carbocycles. The summed E-state index contributed by atoms with van der Waals surface area (Å²) >= 11 is 9.08. The van der Waals surface area contributed by atoms with Crippen LogP contribution in [0.15, 0.2) is 28.7 Å². The van der Waals surface area contributed by atoms with Crippen LogP contribution in [-0.4, -0.2) is 11.6 Å². The van der Waals surface area contributed by atoms with Crippen molar-refractivity contribution < 1.29 is 9.59 Å². The van der Waals surface area contributed by atoms with E-state index in [9.17, 15) is 9.59 Å². The molecule has 1 rings (SSSR count). The molecule has 0 aromatic heterocycles. The second kappa shape index (κ2) is 4.71. The molecule has 0 amide bonds. The lowest BCUT2D eigenvalue weighted by atomic mass is 10.1. The molecule has 0 N–H and O–H groups in total. The molecule has 0 saturated carbocycles. The van der Waals surface area contributed by atoms with E-state index in [1.807, 2.05) is 0 Å². The largest absolute Gasteiger partial charge is 0.291 e. The van der Waals surface area contributed by atoms with E-state index in [0.29, 0.717) is 5.56 Å². The number of halogens is 2. The number of ketones is 2. The van der Waals surface area contributed by atoms with Gasteiger partial charge in [0.15, 0.2) is 5.78 Å². The minimum atomic E-state index is -0.874. The van der Waals surface area contributed by atoms with Crippen LogP contribution in [0.5, 0.6) is 0 Å². The maximum atomic E-state index is 11.2. The molecule has 74 valence electrons. The molecule has 0 aliphatic heterocycles. The second-order valence-electron chi connectivity index (χ2n) is 2.83. The van der Waals surface area contributed by atoms with Gasteiger partial charge in [0.1, 0.15) is 5.38 Å². The van der Waals surface area contributed by atoms with Gasteiger partial charge in [-0.2, -0.15) is 0 Å². The molecule has 0 heterocycles. The van der Waals surface area contributed by atoms with E-state index in [1.165, 1.54) is 6.92 Å². The van der Waals surface area contributed by atoms with Crippen molar-refractivity contribution in [3.05, 3.63) is 34.3 Å². The predicted molar refractivity (Wildman–Crippen MR) is 58.4 cm³/mol. The van der Waals surface area contributed by atoms with Crippen LogP contribution in [-0.2, 0) is 9.59 Å². The Bertz CT molecular complexity index is 359. The Morgan fingerprint density at radius 3 is 2.21 bits per heavy atom. The van der Waals surface area contributed by atoms with Crippen molar-refractivity contribution in [2.45, 2.75) is 12.3 Å². The number of hydrogen-bond acceptors (Lipinski definition) is 2.